The molecule has 2 heterocycles. The van der Waals surface area contributed by atoms with E-state index >= 15 is 0 Å². The van der Waals surface area contributed by atoms with Crippen LogP contribution in [0.4, 0.5) is 4.39 Å². The van der Waals surface area contributed by atoms with Crippen molar-refractivity contribution in [1.82, 2.24) is 15.5 Å². The van der Waals surface area contributed by atoms with Gasteiger partial charge in [0, 0.05) is 12.6 Å². The Hall–Kier alpha value is -1.95. The number of hydrogen-bond acceptors (Lipinski definition) is 5. The number of halogens is 1. The van der Waals surface area contributed by atoms with Crippen LogP contribution in [0.1, 0.15) is 24.7 Å². The summed E-state index contributed by atoms with van der Waals surface area (Å²) < 4.78 is 23.6. The maximum absolute atomic E-state index is 13.0. The van der Waals surface area contributed by atoms with Crippen molar-refractivity contribution in [3.05, 3.63) is 36.0 Å². The summed E-state index contributed by atoms with van der Waals surface area (Å²) in [6.45, 7) is 1.86. The van der Waals surface area contributed by atoms with Crippen LogP contribution < -0.4 is 10.1 Å². The minimum Gasteiger partial charge on any atom is -0.422 e. The topological polar surface area (TPSA) is 60.2 Å². The van der Waals surface area contributed by atoms with E-state index in [1.165, 1.54) is 12.1 Å². The molecule has 100 valence electrons. The summed E-state index contributed by atoms with van der Waals surface area (Å²) in [5.74, 6) is 0.788. The zero-order valence-corrected chi connectivity index (χ0v) is 10.3. The maximum atomic E-state index is 13.0. The Balaban J connectivity index is 1.70. The van der Waals surface area contributed by atoms with Crippen LogP contribution in [0.15, 0.2) is 28.8 Å². The first-order valence-corrected chi connectivity index (χ1v) is 6.29. The highest BCUT2D eigenvalue weighted by molar-refractivity contribution is 5.25. The van der Waals surface area contributed by atoms with Crippen LogP contribution in [0.3, 0.4) is 0 Å². The van der Waals surface area contributed by atoms with Gasteiger partial charge >= 0.3 is 6.01 Å². The molecular formula is C13H14FN3O2. The zero-order chi connectivity index (χ0) is 13.1. The van der Waals surface area contributed by atoms with E-state index in [0.29, 0.717) is 11.6 Å². The molecule has 1 N–H and O–H groups in total. The number of ether oxygens (including phenoxy) is 1. The normalized spacial score (nSPS) is 19.3. The van der Waals surface area contributed by atoms with Crippen molar-refractivity contribution in [3.8, 4) is 11.8 Å². The summed E-state index contributed by atoms with van der Waals surface area (Å²) in [4.78, 5) is 4.20. The molecule has 1 unspecified atom stereocenters. The minimum absolute atomic E-state index is 0.117. The van der Waals surface area contributed by atoms with E-state index in [9.17, 15) is 4.39 Å². The van der Waals surface area contributed by atoms with Crippen LogP contribution in [-0.2, 0) is 0 Å². The van der Waals surface area contributed by atoms with Crippen molar-refractivity contribution in [3.63, 3.8) is 0 Å². The molecule has 0 amide bonds. The van der Waals surface area contributed by atoms with E-state index in [1.807, 2.05) is 0 Å². The maximum Gasteiger partial charge on any atom is 0.359 e. The molecule has 1 aliphatic heterocycles. The molecule has 1 saturated heterocycles. The molecule has 2 aromatic rings. The van der Waals surface area contributed by atoms with Crippen LogP contribution in [0.2, 0.25) is 0 Å². The third-order valence-corrected chi connectivity index (χ3v) is 3.07. The zero-order valence-electron chi connectivity index (χ0n) is 10.3. The fourth-order valence-corrected chi connectivity index (χ4v) is 2.13. The highest BCUT2D eigenvalue weighted by Gasteiger charge is 2.21. The molecule has 1 aromatic heterocycles. The quantitative estimate of drug-likeness (QED) is 0.921. The molecular weight excluding hydrogens is 249 g/mol. The number of hydrogen-bond donors (Lipinski definition) is 1. The first-order chi connectivity index (χ1) is 9.31. The predicted octanol–water partition coefficient (Wildman–Crippen LogP) is 2.47. The first kappa shape index (κ1) is 12.1. The van der Waals surface area contributed by atoms with Gasteiger partial charge in [-0.2, -0.15) is 4.98 Å². The van der Waals surface area contributed by atoms with Crippen molar-refractivity contribution in [2.75, 3.05) is 13.1 Å². The lowest BCUT2D eigenvalue weighted by atomic mass is 10.00. The van der Waals surface area contributed by atoms with Crippen LogP contribution in [-0.4, -0.2) is 23.2 Å². The molecule has 6 heteroatoms. The van der Waals surface area contributed by atoms with E-state index in [2.05, 4.69) is 15.5 Å². The molecule has 0 spiro atoms. The number of aromatic nitrogens is 2. The summed E-state index contributed by atoms with van der Waals surface area (Å²) in [6, 6.07) is 5.95. The Labute approximate surface area is 109 Å². The third-order valence-electron chi connectivity index (χ3n) is 3.07. The molecule has 1 aliphatic rings. The van der Waals surface area contributed by atoms with Crippen LogP contribution >= 0.6 is 0 Å². The van der Waals surface area contributed by atoms with Gasteiger partial charge in [-0.15, -0.1) is 0 Å². The third kappa shape index (κ3) is 2.90. The second-order valence-corrected chi connectivity index (χ2v) is 4.52. The van der Waals surface area contributed by atoms with Gasteiger partial charge in [-0.25, -0.2) is 4.39 Å². The van der Waals surface area contributed by atoms with Gasteiger partial charge in [0.05, 0.1) is 5.92 Å². The van der Waals surface area contributed by atoms with Gasteiger partial charge in [0.25, 0.3) is 0 Å². The van der Waals surface area contributed by atoms with Gasteiger partial charge in [-0.05, 0) is 36.7 Å². The van der Waals surface area contributed by atoms with Gasteiger partial charge in [0.15, 0.2) is 0 Å². The Morgan fingerprint density at radius 1 is 1.42 bits per heavy atom. The van der Waals surface area contributed by atoms with Crippen molar-refractivity contribution < 1.29 is 13.7 Å². The fraction of sp³-hybridized carbons (Fsp3) is 0.385. The molecule has 3 rings (SSSR count). The number of rotatable bonds is 3. The largest absolute Gasteiger partial charge is 0.422 e. The lowest BCUT2D eigenvalue weighted by Crippen LogP contribution is -2.28. The minimum atomic E-state index is -0.363. The smallest absolute Gasteiger partial charge is 0.359 e. The second kappa shape index (κ2) is 5.36. The number of nitrogens with zero attached hydrogens (tertiary/aromatic N) is 2. The number of nitrogens with one attached hydrogen (secondary N) is 1. The van der Waals surface area contributed by atoms with Crippen molar-refractivity contribution in [2.45, 2.75) is 18.8 Å². The summed E-state index contributed by atoms with van der Waals surface area (Å²) in [6.07, 6.45) is 2.11. The second-order valence-electron chi connectivity index (χ2n) is 4.52. The highest BCUT2D eigenvalue weighted by Crippen LogP contribution is 2.25. The monoisotopic (exact) mass is 263 g/mol. The molecule has 0 bridgehead atoms. The van der Waals surface area contributed by atoms with Gasteiger partial charge in [0.1, 0.15) is 11.6 Å². The van der Waals surface area contributed by atoms with Crippen LogP contribution in [0, 0.1) is 5.82 Å². The SMILES string of the molecule is Fc1cccc(Oc2noc(C3CCCNC3)n2)c1. The lowest BCUT2D eigenvalue weighted by Gasteiger charge is -2.18. The highest BCUT2D eigenvalue weighted by atomic mass is 19.1. The predicted molar refractivity (Wildman–Crippen MR) is 65.6 cm³/mol. The van der Waals surface area contributed by atoms with Crippen molar-refractivity contribution in [2.24, 2.45) is 0 Å². The molecule has 5 nitrogen and oxygen atoms in total. The van der Waals surface area contributed by atoms with E-state index in [0.717, 1.165) is 25.9 Å². The Morgan fingerprint density at radius 2 is 2.37 bits per heavy atom. The summed E-state index contributed by atoms with van der Waals surface area (Å²) in [5.41, 5.74) is 0. The molecule has 0 radical (unpaired) electrons. The summed E-state index contributed by atoms with van der Waals surface area (Å²) in [5, 5.41) is 7.04. The molecule has 0 aliphatic carbocycles. The van der Waals surface area contributed by atoms with Gasteiger partial charge in [0.2, 0.25) is 5.89 Å². The first-order valence-electron chi connectivity index (χ1n) is 6.29. The summed E-state index contributed by atoms with van der Waals surface area (Å²) >= 11 is 0. The Morgan fingerprint density at radius 3 is 3.16 bits per heavy atom. The molecule has 0 saturated carbocycles. The van der Waals surface area contributed by atoms with Crippen molar-refractivity contribution in [1.29, 1.82) is 0 Å². The van der Waals surface area contributed by atoms with Crippen LogP contribution in [0.5, 0.6) is 11.8 Å². The molecule has 1 fully saturated rings. The molecule has 19 heavy (non-hydrogen) atoms. The lowest BCUT2D eigenvalue weighted by molar-refractivity contribution is 0.311. The van der Waals surface area contributed by atoms with Crippen LogP contribution in [0.25, 0.3) is 0 Å². The van der Waals surface area contributed by atoms with E-state index in [1.54, 1.807) is 12.1 Å². The fourth-order valence-electron chi connectivity index (χ4n) is 2.13. The number of benzene rings is 1. The van der Waals surface area contributed by atoms with Crippen molar-refractivity contribution >= 4 is 0 Å². The van der Waals surface area contributed by atoms with Gasteiger partial charge in [-0.1, -0.05) is 6.07 Å². The van der Waals surface area contributed by atoms with E-state index in [-0.39, 0.29) is 17.7 Å². The van der Waals surface area contributed by atoms with E-state index < -0.39 is 0 Å². The van der Waals surface area contributed by atoms with Gasteiger partial charge < -0.3 is 14.6 Å². The standard InChI is InChI=1S/C13H14FN3O2/c14-10-4-1-5-11(7-10)18-13-16-12(19-17-13)9-3-2-6-15-8-9/h1,4-5,7,9,15H,2-3,6,8H2. The Bertz CT molecular complexity index is 552. The number of piperidine rings is 1. The molecule has 1 atom stereocenters. The molecule has 1 aromatic carbocycles. The van der Waals surface area contributed by atoms with Gasteiger partial charge in [-0.3, -0.25) is 0 Å². The van der Waals surface area contributed by atoms with E-state index in [4.69, 9.17) is 9.26 Å². The summed E-state index contributed by atoms with van der Waals surface area (Å²) in [7, 11) is 0. The average molecular weight is 263 g/mol. The average Bonchev–Trinajstić information content (AvgIpc) is 2.88. The Kier molecular flexibility index (Phi) is 3.41.